The van der Waals surface area contributed by atoms with Crippen LogP contribution >= 0.6 is 23.2 Å². The fourth-order valence-electron chi connectivity index (χ4n) is 2.54. The molecule has 1 heterocycles. The summed E-state index contributed by atoms with van der Waals surface area (Å²) in [6, 6.07) is 4.88. The molecular weight excluding hydrogens is 311 g/mol. The fraction of sp³-hybridized carbons (Fsp3) is 0.533. The Morgan fingerprint density at radius 3 is 2.33 bits per heavy atom. The van der Waals surface area contributed by atoms with Gasteiger partial charge in [0.15, 0.2) is 0 Å². The topological polar surface area (TPSA) is 41.6 Å². The van der Waals surface area contributed by atoms with E-state index in [1.54, 1.807) is 18.2 Å². The number of hydrogen-bond acceptors (Lipinski definition) is 3. The minimum absolute atomic E-state index is 0.118. The van der Waals surface area contributed by atoms with Gasteiger partial charge in [-0.1, -0.05) is 29.3 Å². The lowest BCUT2D eigenvalue weighted by Crippen LogP contribution is -2.52. The van der Waals surface area contributed by atoms with Gasteiger partial charge in [-0.2, -0.15) is 0 Å². The Morgan fingerprint density at radius 1 is 1.29 bits per heavy atom. The van der Waals surface area contributed by atoms with Crippen molar-refractivity contribution < 1.29 is 9.53 Å². The lowest BCUT2D eigenvalue weighted by atomic mass is 10.1. The van der Waals surface area contributed by atoms with Crippen molar-refractivity contribution in [3.05, 3.63) is 28.2 Å². The highest BCUT2D eigenvalue weighted by Crippen LogP contribution is 2.30. The normalized spacial score (nSPS) is 24.6. The highest BCUT2D eigenvalue weighted by molar-refractivity contribution is 6.39. The van der Waals surface area contributed by atoms with Crippen LogP contribution in [0.2, 0.25) is 10.0 Å². The van der Waals surface area contributed by atoms with E-state index >= 15 is 0 Å². The molecular formula is C15H20Cl2N2O2. The lowest BCUT2D eigenvalue weighted by molar-refractivity contribution is -0.126. The molecule has 1 aromatic rings. The molecule has 0 spiro atoms. The predicted octanol–water partition coefficient (Wildman–Crippen LogP) is 3.43. The van der Waals surface area contributed by atoms with Crippen LogP contribution in [0.1, 0.15) is 20.8 Å². The molecule has 1 aliphatic rings. The van der Waals surface area contributed by atoms with Crippen LogP contribution < -0.4 is 5.32 Å². The number of ether oxygens (including phenoxy) is 1. The average Bonchev–Trinajstić information content (AvgIpc) is 2.41. The SMILES string of the molecule is C[C@H]1CN([C@@H](C)C(=O)Nc2c(Cl)cccc2Cl)C[C@H](C)O1. The van der Waals surface area contributed by atoms with Crippen LogP contribution in [0.5, 0.6) is 0 Å². The molecule has 3 atom stereocenters. The zero-order valence-electron chi connectivity index (χ0n) is 12.4. The van der Waals surface area contributed by atoms with E-state index in [9.17, 15) is 4.79 Å². The fourth-order valence-corrected chi connectivity index (χ4v) is 3.04. The molecule has 0 saturated carbocycles. The molecule has 0 bridgehead atoms. The van der Waals surface area contributed by atoms with Gasteiger partial charge in [0.05, 0.1) is 34.0 Å². The molecule has 1 fully saturated rings. The van der Waals surface area contributed by atoms with E-state index in [2.05, 4.69) is 10.2 Å². The van der Waals surface area contributed by atoms with E-state index in [1.165, 1.54) is 0 Å². The molecule has 0 aromatic heterocycles. The number of hydrogen-bond donors (Lipinski definition) is 1. The largest absolute Gasteiger partial charge is 0.373 e. The third-order valence-corrected chi connectivity index (χ3v) is 4.22. The van der Waals surface area contributed by atoms with Gasteiger partial charge in [0, 0.05) is 13.1 Å². The molecule has 0 unspecified atom stereocenters. The first kappa shape index (κ1) is 16.6. The van der Waals surface area contributed by atoms with Gasteiger partial charge in [-0.25, -0.2) is 0 Å². The first-order valence-electron chi connectivity index (χ1n) is 7.03. The van der Waals surface area contributed by atoms with Crippen LogP contribution in [0.4, 0.5) is 5.69 Å². The molecule has 1 N–H and O–H groups in total. The maximum Gasteiger partial charge on any atom is 0.241 e. The van der Waals surface area contributed by atoms with Gasteiger partial charge >= 0.3 is 0 Å². The lowest BCUT2D eigenvalue weighted by Gasteiger charge is -2.38. The minimum Gasteiger partial charge on any atom is -0.373 e. The summed E-state index contributed by atoms with van der Waals surface area (Å²) in [4.78, 5) is 14.5. The predicted molar refractivity (Wildman–Crippen MR) is 86.1 cm³/mol. The number of para-hydroxylation sites is 1. The van der Waals surface area contributed by atoms with Gasteiger partial charge in [0.1, 0.15) is 0 Å². The first-order chi connectivity index (χ1) is 9.88. The molecule has 1 amide bonds. The average molecular weight is 331 g/mol. The van der Waals surface area contributed by atoms with Crippen LogP contribution in [0.25, 0.3) is 0 Å². The summed E-state index contributed by atoms with van der Waals surface area (Å²) in [6.45, 7) is 7.37. The van der Waals surface area contributed by atoms with Crippen LogP contribution in [-0.4, -0.2) is 42.1 Å². The Morgan fingerprint density at radius 2 is 1.81 bits per heavy atom. The molecule has 1 saturated heterocycles. The standard InChI is InChI=1S/C15H20Cl2N2O2/c1-9-7-19(8-10(2)21-9)11(3)15(20)18-14-12(16)5-4-6-13(14)17/h4-6,9-11H,7-8H2,1-3H3,(H,18,20)/t9-,10-,11-/m0/s1. The quantitative estimate of drug-likeness (QED) is 0.923. The van der Waals surface area contributed by atoms with Crippen molar-refractivity contribution in [3.8, 4) is 0 Å². The Labute approximate surface area is 135 Å². The Balaban J connectivity index is 2.06. The molecule has 6 heteroatoms. The number of nitrogens with zero attached hydrogens (tertiary/aromatic N) is 1. The zero-order valence-corrected chi connectivity index (χ0v) is 13.9. The van der Waals surface area contributed by atoms with Gasteiger partial charge in [-0.3, -0.25) is 9.69 Å². The molecule has 4 nitrogen and oxygen atoms in total. The van der Waals surface area contributed by atoms with Crippen molar-refractivity contribution in [3.63, 3.8) is 0 Å². The zero-order chi connectivity index (χ0) is 15.6. The second-order valence-electron chi connectivity index (χ2n) is 5.47. The van der Waals surface area contributed by atoms with Gasteiger partial charge < -0.3 is 10.1 Å². The number of halogens is 2. The maximum absolute atomic E-state index is 12.4. The third-order valence-electron chi connectivity index (χ3n) is 3.59. The molecule has 21 heavy (non-hydrogen) atoms. The van der Waals surface area contributed by atoms with Gasteiger partial charge in [0.25, 0.3) is 0 Å². The molecule has 2 rings (SSSR count). The molecule has 0 radical (unpaired) electrons. The van der Waals surface area contributed by atoms with E-state index in [4.69, 9.17) is 27.9 Å². The van der Waals surface area contributed by atoms with E-state index in [0.717, 1.165) is 13.1 Å². The molecule has 0 aliphatic carbocycles. The highest BCUT2D eigenvalue weighted by atomic mass is 35.5. The molecule has 116 valence electrons. The summed E-state index contributed by atoms with van der Waals surface area (Å²) >= 11 is 12.2. The number of benzene rings is 1. The number of nitrogens with one attached hydrogen (secondary N) is 1. The second-order valence-corrected chi connectivity index (χ2v) is 6.29. The van der Waals surface area contributed by atoms with Crippen LogP contribution in [-0.2, 0) is 9.53 Å². The van der Waals surface area contributed by atoms with Crippen molar-refractivity contribution in [2.75, 3.05) is 18.4 Å². The summed E-state index contributed by atoms with van der Waals surface area (Å²) < 4.78 is 5.69. The van der Waals surface area contributed by atoms with Crippen molar-refractivity contribution >= 4 is 34.8 Å². The summed E-state index contributed by atoms with van der Waals surface area (Å²) in [5.41, 5.74) is 0.465. The number of amides is 1. The summed E-state index contributed by atoms with van der Waals surface area (Å²) in [5.74, 6) is -0.119. The van der Waals surface area contributed by atoms with Crippen molar-refractivity contribution in [2.24, 2.45) is 0 Å². The Bertz CT molecular complexity index is 494. The van der Waals surface area contributed by atoms with E-state index in [0.29, 0.717) is 15.7 Å². The van der Waals surface area contributed by atoms with Gasteiger partial charge in [-0.05, 0) is 32.9 Å². The summed E-state index contributed by atoms with van der Waals surface area (Å²) in [7, 11) is 0. The van der Waals surface area contributed by atoms with Crippen LogP contribution in [0.15, 0.2) is 18.2 Å². The van der Waals surface area contributed by atoms with Gasteiger partial charge in [0.2, 0.25) is 5.91 Å². The maximum atomic E-state index is 12.4. The number of carbonyl (C=O) groups excluding carboxylic acids is 1. The van der Waals surface area contributed by atoms with Crippen LogP contribution in [0.3, 0.4) is 0 Å². The smallest absolute Gasteiger partial charge is 0.241 e. The van der Waals surface area contributed by atoms with Crippen molar-refractivity contribution in [1.29, 1.82) is 0 Å². The van der Waals surface area contributed by atoms with E-state index in [1.807, 2.05) is 20.8 Å². The summed E-state index contributed by atoms with van der Waals surface area (Å²) in [5, 5.41) is 3.69. The minimum atomic E-state index is -0.272. The van der Waals surface area contributed by atoms with Crippen molar-refractivity contribution in [2.45, 2.75) is 39.0 Å². The van der Waals surface area contributed by atoms with Crippen LogP contribution in [0, 0.1) is 0 Å². The van der Waals surface area contributed by atoms with Gasteiger partial charge in [-0.15, -0.1) is 0 Å². The number of carbonyl (C=O) groups is 1. The Hall–Kier alpha value is -0.810. The molecule has 1 aliphatic heterocycles. The monoisotopic (exact) mass is 330 g/mol. The number of morpholine rings is 1. The van der Waals surface area contributed by atoms with Crippen molar-refractivity contribution in [1.82, 2.24) is 4.90 Å². The van der Waals surface area contributed by atoms with E-state index in [-0.39, 0.29) is 24.2 Å². The highest BCUT2D eigenvalue weighted by Gasteiger charge is 2.29. The first-order valence-corrected chi connectivity index (χ1v) is 7.78. The number of rotatable bonds is 3. The Kier molecular flexibility index (Phi) is 5.49. The number of anilines is 1. The summed E-state index contributed by atoms with van der Waals surface area (Å²) in [6.07, 6.45) is 0.237. The van der Waals surface area contributed by atoms with E-state index < -0.39 is 0 Å². The second kappa shape index (κ2) is 6.97. The molecule has 1 aromatic carbocycles. The third kappa shape index (κ3) is 4.10.